The van der Waals surface area contributed by atoms with Crippen LogP contribution < -0.4 is 5.32 Å². The SMILES string of the molecule is C=CCCCC(Cc1ccccc1)C(=O)OCC(Cc1ccccc1)NC(=O)C(CC=C)CC(=O)N1Cc2ccccc2CC1CO. The standard InChI is InChI=1S/C40H48N2O5/c1-3-5-8-21-34(23-30-16-9-6-10-17-30)40(46)47-29-36(24-31-18-11-7-12-19-31)41-39(45)33(15-4-2)26-38(44)42-27-35-22-14-13-20-32(35)25-37(42)28-43/h3-4,6-7,9-14,16-20,22,33-34,36-37,43H,1-2,5,8,15,21,23-29H2,(H,41,45). The Bertz CT molecular complexity index is 1460. The number of nitrogens with zero attached hydrogens (tertiary/aromatic N) is 1. The number of aliphatic hydroxyl groups excluding tert-OH is 1. The zero-order valence-corrected chi connectivity index (χ0v) is 27.3. The average molecular weight is 637 g/mol. The Balaban J connectivity index is 1.44. The van der Waals surface area contributed by atoms with Crippen molar-refractivity contribution in [3.63, 3.8) is 0 Å². The Kier molecular flexibility index (Phi) is 14.0. The van der Waals surface area contributed by atoms with Gasteiger partial charge in [0.05, 0.1) is 30.5 Å². The molecule has 4 atom stereocenters. The summed E-state index contributed by atoms with van der Waals surface area (Å²) >= 11 is 0. The van der Waals surface area contributed by atoms with Gasteiger partial charge in [-0.1, -0.05) is 97.1 Å². The van der Waals surface area contributed by atoms with Crippen molar-refractivity contribution in [2.24, 2.45) is 11.8 Å². The first-order valence-corrected chi connectivity index (χ1v) is 16.7. The molecule has 0 saturated carbocycles. The zero-order chi connectivity index (χ0) is 33.4. The van der Waals surface area contributed by atoms with Gasteiger partial charge in [0.2, 0.25) is 11.8 Å². The second-order valence-electron chi connectivity index (χ2n) is 12.4. The van der Waals surface area contributed by atoms with Crippen molar-refractivity contribution in [1.82, 2.24) is 10.2 Å². The minimum atomic E-state index is -0.657. The van der Waals surface area contributed by atoms with Crippen LogP contribution in [-0.2, 0) is 44.9 Å². The van der Waals surface area contributed by atoms with Gasteiger partial charge >= 0.3 is 5.97 Å². The van der Waals surface area contributed by atoms with E-state index in [1.165, 1.54) is 0 Å². The second kappa shape index (κ2) is 18.6. The summed E-state index contributed by atoms with van der Waals surface area (Å²) < 4.78 is 5.92. The maximum atomic E-state index is 13.8. The van der Waals surface area contributed by atoms with Crippen LogP contribution >= 0.6 is 0 Å². The summed E-state index contributed by atoms with van der Waals surface area (Å²) in [6, 6.07) is 26.7. The molecule has 1 aliphatic rings. The number of hydrogen-bond acceptors (Lipinski definition) is 5. The van der Waals surface area contributed by atoms with E-state index in [2.05, 4.69) is 18.5 Å². The number of allylic oxidation sites excluding steroid dienone is 2. The first-order valence-electron chi connectivity index (χ1n) is 16.7. The number of fused-ring (bicyclic) bond motifs is 1. The third kappa shape index (κ3) is 10.8. The van der Waals surface area contributed by atoms with Gasteiger partial charge in [0.1, 0.15) is 6.61 Å². The summed E-state index contributed by atoms with van der Waals surface area (Å²) in [4.78, 5) is 42.5. The Morgan fingerprint density at radius 3 is 2.15 bits per heavy atom. The molecule has 1 heterocycles. The molecule has 2 N–H and O–H groups in total. The lowest BCUT2D eigenvalue weighted by atomic mass is 9.92. The van der Waals surface area contributed by atoms with Crippen LogP contribution in [0.1, 0.15) is 54.4 Å². The molecule has 0 radical (unpaired) electrons. The number of amides is 2. The highest BCUT2D eigenvalue weighted by Crippen LogP contribution is 2.25. The smallest absolute Gasteiger partial charge is 0.309 e. The summed E-state index contributed by atoms with van der Waals surface area (Å²) in [7, 11) is 0. The number of carbonyl (C=O) groups excluding carboxylic acids is 3. The fourth-order valence-electron chi connectivity index (χ4n) is 6.24. The molecular formula is C40H48N2O5. The van der Waals surface area contributed by atoms with E-state index >= 15 is 0 Å². The van der Waals surface area contributed by atoms with Crippen LogP contribution in [-0.4, -0.2) is 53.1 Å². The molecule has 0 bridgehead atoms. The Morgan fingerprint density at radius 2 is 1.51 bits per heavy atom. The summed E-state index contributed by atoms with van der Waals surface area (Å²) in [5.41, 5.74) is 4.24. The van der Waals surface area contributed by atoms with Crippen LogP contribution in [0.3, 0.4) is 0 Å². The first-order chi connectivity index (χ1) is 22.9. The maximum Gasteiger partial charge on any atom is 0.309 e. The predicted octanol–water partition coefficient (Wildman–Crippen LogP) is 6.00. The van der Waals surface area contributed by atoms with Crippen LogP contribution in [0.2, 0.25) is 0 Å². The Morgan fingerprint density at radius 1 is 0.872 bits per heavy atom. The number of ether oxygens (including phenoxy) is 1. The second-order valence-corrected chi connectivity index (χ2v) is 12.4. The van der Waals surface area contributed by atoms with Gasteiger partial charge < -0.3 is 20.1 Å². The third-order valence-electron chi connectivity index (χ3n) is 8.85. The molecule has 7 heteroatoms. The molecule has 0 spiro atoms. The molecule has 3 aromatic carbocycles. The lowest BCUT2D eigenvalue weighted by Crippen LogP contribution is -2.48. The van der Waals surface area contributed by atoms with Crippen LogP contribution in [0.4, 0.5) is 0 Å². The van der Waals surface area contributed by atoms with Crippen LogP contribution in [0.25, 0.3) is 0 Å². The van der Waals surface area contributed by atoms with E-state index < -0.39 is 12.0 Å². The molecule has 0 saturated heterocycles. The minimum Gasteiger partial charge on any atom is -0.463 e. The normalized spacial score (nSPS) is 15.9. The van der Waals surface area contributed by atoms with Crippen molar-refractivity contribution in [2.75, 3.05) is 13.2 Å². The largest absolute Gasteiger partial charge is 0.463 e. The van der Waals surface area contributed by atoms with E-state index in [9.17, 15) is 19.5 Å². The quantitative estimate of drug-likeness (QED) is 0.101. The molecule has 2 amide bonds. The number of nitrogens with one attached hydrogen (secondary N) is 1. The predicted molar refractivity (Wildman–Crippen MR) is 185 cm³/mol. The minimum absolute atomic E-state index is 0.0104. The van der Waals surface area contributed by atoms with Crippen molar-refractivity contribution in [3.05, 3.63) is 132 Å². The monoisotopic (exact) mass is 636 g/mol. The molecule has 248 valence electrons. The number of carbonyl (C=O) groups is 3. The van der Waals surface area contributed by atoms with Crippen molar-refractivity contribution < 1.29 is 24.2 Å². The molecule has 47 heavy (non-hydrogen) atoms. The van der Waals surface area contributed by atoms with Crippen molar-refractivity contribution in [3.8, 4) is 0 Å². The molecule has 4 rings (SSSR count). The topological polar surface area (TPSA) is 95.9 Å². The molecule has 0 aromatic heterocycles. The molecule has 7 nitrogen and oxygen atoms in total. The van der Waals surface area contributed by atoms with Gasteiger partial charge in [-0.25, -0.2) is 0 Å². The lowest BCUT2D eigenvalue weighted by molar-refractivity contribution is -0.150. The summed E-state index contributed by atoms with van der Waals surface area (Å²) in [6.45, 7) is 7.89. The van der Waals surface area contributed by atoms with Crippen LogP contribution in [0, 0.1) is 11.8 Å². The van der Waals surface area contributed by atoms with E-state index in [4.69, 9.17) is 4.74 Å². The first kappa shape index (κ1) is 35.4. The van der Waals surface area contributed by atoms with Crippen molar-refractivity contribution in [2.45, 2.75) is 70.0 Å². The van der Waals surface area contributed by atoms with Crippen molar-refractivity contribution in [1.29, 1.82) is 0 Å². The maximum absolute atomic E-state index is 13.8. The Labute approximate surface area is 279 Å². The molecule has 3 aromatic rings. The highest BCUT2D eigenvalue weighted by molar-refractivity contribution is 5.86. The third-order valence-corrected chi connectivity index (χ3v) is 8.85. The number of benzene rings is 3. The molecule has 4 unspecified atom stereocenters. The number of hydrogen-bond donors (Lipinski definition) is 2. The van der Waals surface area contributed by atoms with E-state index in [-0.39, 0.29) is 49.4 Å². The summed E-state index contributed by atoms with van der Waals surface area (Å²) in [5, 5.41) is 13.2. The molecule has 1 aliphatic heterocycles. The van der Waals surface area contributed by atoms with Gasteiger partial charge in [-0.2, -0.15) is 0 Å². The van der Waals surface area contributed by atoms with E-state index in [0.717, 1.165) is 35.1 Å². The van der Waals surface area contributed by atoms with Gasteiger partial charge in [-0.15, -0.1) is 13.2 Å². The van der Waals surface area contributed by atoms with Gasteiger partial charge in [0, 0.05) is 13.0 Å². The van der Waals surface area contributed by atoms with Gasteiger partial charge in [-0.3, -0.25) is 14.4 Å². The van der Waals surface area contributed by atoms with Crippen LogP contribution in [0.5, 0.6) is 0 Å². The number of esters is 1. The average Bonchev–Trinajstić information content (AvgIpc) is 3.10. The molecule has 0 aliphatic carbocycles. The molecular weight excluding hydrogens is 588 g/mol. The number of aliphatic hydroxyl groups is 1. The van der Waals surface area contributed by atoms with Gasteiger partial charge in [-0.05, 0) is 67.2 Å². The zero-order valence-electron chi connectivity index (χ0n) is 27.3. The Hall–Kier alpha value is -4.49. The van der Waals surface area contributed by atoms with E-state index in [0.29, 0.717) is 38.6 Å². The van der Waals surface area contributed by atoms with Crippen LogP contribution in [0.15, 0.2) is 110 Å². The van der Waals surface area contributed by atoms with Gasteiger partial charge in [0.15, 0.2) is 0 Å². The fraction of sp³-hybridized carbons (Fsp3) is 0.375. The summed E-state index contributed by atoms with van der Waals surface area (Å²) in [5.74, 6) is -1.74. The highest BCUT2D eigenvalue weighted by atomic mass is 16.5. The highest BCUT2D eigenvalue weighted by Gasteiger charge is 2.32. The van der Waals surface area contributed by atoms with Gasteiger partial charge in [0.25, 0.3) is 0 Å². The van der Waals surface area contributed by atoms with E-state index in [1.807, 2.05) is 91.0 Å². The number of unbranched alkanes of at least 4 members (excludes halogenated alkanes) is 1. The number of rotatable bonds is 18. The summed E-state index contributed by atoms with van der Waals surface area (Å²) in [6.07, 6.45) is 7.73. The fourth-order valence-corrected chi connectivity index (χ4v) is 6.24. The van der Waals surface area contributed by atoms with E-state index in [1.54, 1.807) is 11.0 Å². The molecule has 0 fully saturated rings. The lowest BCUT2D eigenvalue weighted by Gasteiger charge is -2.36. The van der Waals surface area contributed by atoms with Crippen molar-refractivity contribution >= 4 is 17.8 Å².